The normalized spacial score (nSPS) is 23.1. The van der Waals surface area contributed by atoms with E-state index in [4.69, 9.17) is 5.73 Å². The van der Waals surface area contributed by atoms with Gasteiger partial charge in [0.1, 0.15) is 0 Å². The summed E-state index contributed by atoms with van der Waals surface area (Å²) in [5.74, 6) is 0. The lowest BCUT2D eigenvalue weighted by molar-refractivity contribution is 0.0871. The summed E-state index contributed by atoms with van der Waals surface area (Å²) in [6.45, 7) is 11.0. The summed E-state index contributed by atoms with van der Waals surface area (Å²) in [5.41, 5.74) is 5.69. The van der Waals surface area contributed by atoms with E-state index in [0.29, 0.717) is 6.04 Å². The molecule has 2 heterocycles. The van der Waals surface area contributed by atoms with E-state index >= 15 is 0 Å². The Morgan fingerprint density at radius 3 is 2.50 bits per heavy atom. The Morgan fingerprint density at radius 2 is 1.95 bits per heavy atom. The van der Waals surface area contributed by atoms with Gasteiger partial charge in [-0.2, -0.15) is 0 Å². The molecule has 0 saturated carbocycles. The van der Waals surface area contributed by atoms with Crippen LogP contribution in [0.25, 0.3) is 0 Å². The van der Waals surface area contributed by atoms with Crippen LogP contribution in [0.4, 0.5) is 4.79 Å². The van der Waals surface area contributed by atoms with Crippen LogP contribution in [0, 0.1) is 0 Å². The maximum Gasteiger partial charge on any atom is 0.317 e. The molecule has 6 nitrogen and oxygen atoms in total. The fraction of sp³-hybridized carbons (Fsp3) is 0.929. The van der Waals surface area contributed by atoms with Gasteiger partial charge in [-0.15, -0.1) is 0 Å². The number of piperazine rings is 1. The van der Waals surface area contributed by atoms with Crippen LogP contribution in [0.3, 0.4) is 0 Å². The van der Waals surface area contributed by atoms with E-state index < -0.39 is 0 Å². The van der Waals surface area contributed by atoms with Gasteiger partial charge in [-0.25, -0.2) is 4.79 Å². The maximum atomic E-state index is 11.5. The van der Waals surface area contributed by atoms with Crippen LogP contribution in [-0.4, -0.2) is 85.7 Å². The molecule has 20 heavy (non-hydrogen) atoms. The SMILES string of the molecule is CCC(CCN)N1CCN(CCN2CCNC2=O)CC1. The lowest BCUT2D eigenvalue weighted by atomic mass is 10.1. The van der Waals surface area contributed by atoms with Gasteiger partial charge in [0.2, 0.25) is 0 Å². The van der Waals surface area contributed by atoms with E-state index in [2.05, 4.69) is 22.0 Å². The Morgan fingerprint density at radius 1 is 1.20 bits per heavy atom. The molecule has 116 valence electrons. The van der Waals surface area contributed by atoms with Gasteiger partial charge in [0.15, 0.2) is 0 Å². The van der Waals surface area contributed by atoms with Crippen LogP contribution in [0.2, 0.25) is 0 Å². The highest BCUT2D eigenvalue weighted by Crippen LogP contribution is 2.12. The van der Waals surface area contributed by atoms with Gasteiger partial charge in [0.05, 0.1) is 0 Å². The molecule has 2 aliphatic rings. The van der Waals surface area contributed by atoms with E-state index in [1.54, 1.807) is 0 Å². The monoisotopic (exact) mass is 283 g/mol. The van der Waals surface area contributed by atoms with Crippen molar-refractivity contribution in [3.63, 3.8) is 0 Å². The van der Waals surface area contributed by atoms with Crippen LogP contribution in [0.15, 0.2) is 0 Å². The summed E-state index contributed by atoms with van der Waals surface area (Å²) >= 11 is 0. The minimum atomic E-state index is 0.0950. The van der Waals surface area contributed by atoms with Crippen molar-refractivity contribution >= 4 is 6.03 Å². The Bertz CT molecular complexity index is 304. The van der Waals surface area contributed by atoms with Crippen molar-refractivity contribution in [3.05, 3.63) is 0 Å². The molecule has 1 atom stereocenters. The van der Waals surface area contributed by atoms with Crippen LogP contribution in [-0.2, 0) is 0 Å². The summed E-state index contributed by atoms with van der Waals surface area (Å²) in [6.07, 6.45) is 2.29. The Hall–Kier alpha value is -0.850. The second-order valence-corrected chi connectivity index (χ2v) is 5.74. The molecule has 2 rings (SSSR count). The fourth-order valence-electron chi connectivity index (χ4n) is 3.18. The summed E-state index contributed by atoms with van der Waals surface area (Å²) in [7, 11) is 0. The molecule has 0 radical (unpaired) electrons. The van der Waals surface area contributed by atoms with Gasteiger partial charge in [0.25, 0.3) is 0 Å². The number of hydrogen-bond donors (Lipinski definition) is 2. The molecular formula is C14H29N5O. The van der Waals surface area contributed by atoms with Gasteiger partial charge in [-0.3, -0.25) is 9.80 Å². The quantitative estimate of drug-likeness (QED) is 0.677. The third-order valence-corrected chi connectivity index (χ3v) is 4.53. The van der Waals surface area contributed by atoms with Gasteiger partial charge >= 0.3 is 6.03 Å². The lowest BCUT2D eigenvalue weighted by Crippen LogP contribution is -2.52. The number of carbonyl (C=O) groups is 1. The number of nitrogens with one attached hydrogen (secondary N) is 1. The van der Waals surface area contributed by atoms with Gasteiger partial charge in [0, 0.05) is 58.4 Å². The molecule has 0 spiro atoms. The minimum Gasteiger partial charge on any atom is -0.336 e. The van der Waals surface area contributed by atoms with Crippen molar-refractivity contribution in [2.24, 2.45) is 5.73 Å². The number of hydrogen-bond acceptors (Lipinski definition) is 4. The van der Waals surface area contributed by atoms with E-state index in [1.165, 1.54) is 6.42 Å². The largest absolute Gasteiger partial charge is 0.336 e. The number of rotatable bonds is 7. The molecule has 2 saturated heterocycles. The van der Waals surface area contributed by atoms with Crippen molar-refractivity contribution in [2.75, 3.05) is 58.9 Å². The Labute approximate surface area is 122 Å². The fourth-order valence-corrected chi connectivity index (χ4v) is 3.18. The third kappa shape index (κ3) is 4.07. The second-order valence-electron chi connectivity index (χ2n) is 5.74. The zero-order valence-electron chi connectivity index (χ0n) is 12.7. The Balaban J connectivity index is 1.67. The van der Waals surface area contributed by atoms with E-state index in [-0.39, 0.29) is 6.03 Å². The lowest BCUT2D eigenvalue weighted by Gasteiger charge is -2.39. The van der Waals surface area contributed by atoms with Crippen LogP contribution in [0.5, 0.6) is 0 Å². The van der Waals surface area contributed by atoms with Crippen molar-refractivity contribution in [1.82, 2.24) is 20.0 Å². The summed E-state index contributed by atoms with van der Waals surface area (Å²) < 4.78 is 0. The van der Waals surface area contributed by atoms with Crippen molar-refractivity contribution < 1.29 is 4.79 Å². The minimum absolute atomic E-state index is 0.0950. The first-order valence-electron chi connectivity index (χ1n) is 7.93. The molecule has 2 aliphatic heterocycles. The molecule has 0 aliphatic carbocycles. The maximum absolute atomic E-state index is 11.5. The first kappa shape index (κ1) is 15.5. The van der Waals surface area contributed by atoms with E-state index in [0.717, 1.165) is 65.3 Å². The molecule has 0 aromatic carbocycles. The van der Waals surface area contributed by atoms with Crippen LogP contribution < -0.4 is 11.1 Å². The van der Waals surface area contributed by atoms with Gasteiger partial charge in [-0.1, -0.05) is 6.92 Å². The van der Waals surface area contributed by atoms with Crippen molar-refractivity contribution in [1.29, 1.82) is 0 Å². The third-order valence-electron chi connectivity index (χ3n) is 4.53. The average Bonchev–Trinajstić information content (AvgIpc) is 2.89. The highest BCUT2D eigenvalue weighted by Gasteiger charge is 2.24. The smallest absolute Gasteiger partial charge is 0.317 e. The number of urea groups is 1. The molecular weight excluding hydrogens is 254 g/mol. The predicted molar refractivity (Wildman–Crippen MR) is 80.7 cm³/mol. The first-order valence-corrected chi connectivity index (χ1v) is 7.93. The van der Waals surface area contributed by atoms with Crippen molar-refractivity contribution in [3.8, 4) is 0 Å². The highest BCUT2D eigenvalue weighted by molar-refractivity contribution is 5.76. The summed E-state index contributed by atoms with van der Waals surface area (Å²) in [4.78, 5) is 18.4. The molecule has 1 unspecified atom stereocenters. The second kappa shape index (κ2) is 7.81. The molecule has 2 fully saturated rings. The van der Waals surface area contributed by atoms with E-state index in [9.17, 15) is 4.79 Å². The zero-order valence-corrected chi connectivity index (χ0v) is 12.7. The summed E-state index contributed by atoms with van der Waals surface area (Å²) in [5, 5.41) is 2.85. The van der Waals surface area contributed by atoms with E-state index in [1.807, 2.05) is 4.90 Å². The number of amides is 2. The topological polar surface area (TPSA) is 64.8 Å². The number of nitrogens with zero attached hydrogens (tertiary/aromatic N) is 3. The molecule has 6 heteroatoms. The molecule has 0 aromatic rings. The molecule has 2 amide bonds. The highest BCUT2D eigenvalue weighted by atomic mass is 16.2. The summed E-state index contributed by atoms with van der Waals surface area (Å²) in [6, 6.07) is 0.740. The van der Waals surface area contributed by atoms with Crippen LogP contribution >= 0.6 is 0 Å². The van der Waals surface area contributed by atoms with Gasteiger partial charge in [-0.05, 0) is 19.4 Å². The molecule has 0 bridgehead atoms. The molecule has 0 aromatic heterocycles. The Kier molecular flexibility index (Phi) is 6.06. The zero-order chi connectivity index (χ0) is 14.4. The average molecular weight is 283 g/mol. The standard InChI is InChI=1S/C14H29N5O/c1-2-13(3-4-15)18-10-7-17(8-11-18)9-12-19-6-5-16-14(19)20/h13H,2-12,15H2,1H3,(H,16,20). The number of carbonyl (C=O) groups excluding carboxylic acids is 1. The predicted octanol–water partition coefficient (Wildman–Crippen LogP) is -0.243. The first-order chi connectivity index (χ1) is 9.74. The van der Waals surface area contributed by atoms with Crippen LogP contribution in [0.1, 0.15) is 19.8 Å². The number of nitrogens with two attached hydrogens (primary N) is 1. The molecule has 3 N–H and O–H groups in total. The van der Waals surface area contributed by atoms with Gasteiger partial charge < -0.3 is 16.0 Å². The van der Waals surface area contributed by atoms with Crippen molar-refractivity contribution in [2.45, 2.75) is 25.8 Å².